The maximum absolute atomic E-state index is 12.7. The Bertz CT molecular complexity index is 646. The number of nitro groups is 1. The lowest BCUT2D eigenvalue weighted by Crippen LogP contribution is -2.41. The Morgan fingerprint density at radius 3 is 2.71 bits per heavy atom. The van der Waals surface area contributed by atoms with Crippen molar-refractivity contribution in [2.24, 2.45) is 0 Å². The Hall–Kier alpha value is -0.740. The van der Waals surface area contributed by atoms with Gasteiger partial charge in [0.15, 0.2) is 4.34 Å². The van der Waals surface area contributed by atoms with Gasteiger partial charge < -0.3 is 4.90 Å². The second-order valence-corrected chi connectivity index (χ2v) is 8.83. The third-order valence-corrected chi connectivity index (χ3v) is 7.19. The van der Waals surface area contributed by atoms with Crippen LogP contribution >= 0.6 is 22.9 Å². The van der Waals surface area contributed by atoms with Crippen LogP contribution in [-0.4, -0.2) is 55.3 Å². The van der Waals surface area contributed by atoms with Gasteiger partial charge in [-0.25, -0.2) is 8.42 Å². The Kier molecular flexibility index (Phi) is 4.89. The fraction of sp³-hybridized carbons (Fsp3) is 0.636. The zero-order valence-electron chi connectivity index (χ0n) is 11.7. The summed E-state index contributed by atoms with van der Waals surface area (Å²) in [5.74, 6) is 0. The lowest BCUT2D eigenvalue weighted by atomic mass is 10.3. The highest BCUT2D eigenvalue weighted by molar-refractivity contribution is 7.91. The van der Waals surface area contributed by atoms with E-state index in [-0.39, 0.29) is 20.3 Å². The maximum Gasteiger partial charge on any atom is 0.300 e. The number of likely N-dealkylation sites (N-methyl/N-ethyl adjacent to an activating group) is 1. The number of halogens is 1. The average molecular weight is 354 g/mol. The zero-order chi connectivity index (χ0) is 15.8. The molecule has 0 N–H and O–H groups in total. The predicted molar refractivity (Wildman–Crippen MR) is 81.5 cm³/mol. The summed E-state index contributed by atoms with van der Waals surface area (Å²) in [6.45, 7) is 3.68. The van der Waals surface area contributed by atoms with Gasteiger partial charge in [0, 0.05) is 25.2 Å². The number of hydrogen-bond donors (Lipinski definition) is 0. The van der Waals surface area contributed by atoms with E-state index in [0.717, 1.165) is 30.4 Å². The molecule has 1 saturated heterocycles. The van der Waals surface area contributed by atoms with Gasteiger partial charge in [-0.05, 0) is 26.9 Å². The highest BCUT2D eigenvalue weighted by atomic mass is 35.5. The smallest absolute Gasteiger partial charge is 0.300 e. The molecule has 1 aromatic rings. The van der Waals surface area contributed by atoms with Gasteiger partial charge in [-0.1, -0.05) is 11.6 Å². The molecule has 118 valence electrons. The second kappa shape index (κ2) is 6.17. The lowest BCUT2D eigenvalue weighted by Gasteiger charge is -2.26. The summed E-state index contributed by atoms with van der Waals surface area (Å²) in [4.78, 5) is 12.2. The number of thiophene rings is 1. The van der Waals surface area contributed by atoms with Crippen LogP contribution in [0.3, 0.4) is 0 Å². The van der Waals surface area contributed by atoms with Gasteiger partial charge in [0.25, 0.3) is 15.7 Å². The molecular weight excluding hydrogens is 338 g/mol. The van der Waals surface area contributed by atoms with Crippen LogP contribution in [-0.2, 0) is 10.0 Å². The van der Waals surface area contributed by atoms with Gasteiger partial charge in [0.1, 0.15) is 4.21 Å². The van der Waals surface area contributed by atoms with E-state index in [1.54, 1.807) is 0 Å². The molecule has 1 unspecified atom stereocenters. The third-order valence-electron chi connectivity index (χ3n) is 3.39. The summed E-state index contributed by atoms with van der Waals surface area (Å²) in [6.07, 6.45) is 0.723. The number of hydrogen-bond acceptors (Lipinski definition) is 6. The molecule has 0 aromatic carbocycles. The quantitative estimate of drug-likeness (QED) is 0.613. The molecule has 0 amide bonds. The lowest BCUT2D eigenvalue weighted by molar-refractivity contribution is -0.384. The molecule has 1 aliphatic rings. The monoisotopic (exact) mass is 353 g/mol. The topological polar surface area (TPSA) is 83.8 Å². The van der Waals surface area contributed by atoms with Crippen molar-refractivity contribution in [3.8, 4) is 0 Å². The van der Waals surface area contributed by atoms with Crippen molar-refractivity contribution < 1.29 is 13.3 Å². The molecule has 0 spiro atoms. The molecule has 1 atom stereocenters. The SMILES string of the molecule is CC1CN(C)CCCN1S(=O)(=O)c1cc([N+](=O)[O-])c(Cl)s1. The van der Waals surface area contributed by atoms with Gasteiger partial charge in [-0.3, -0.25) is 10.1 Å². The minimum absolute atomic E-state index is 0.0735. The van der Waals surface area contributed by atoms with Crippen molar-refractivity contribution in [2.45, 2.75) is 23.6 Å². The zero-order valence-corrected chi connectivity index (χ0v) is 14.0. The van der Waals surface area contributed by atoms with E-state index in [1.807, 2.05) is 14.0 Å². The normalized spacial score (nSPS) is 22.1. The molecule has 2 heterocycles. The molecule has 0 bridgehead atoms. The molecule has 0 aliphatic carbocycles. The molecule has 21 heavy (non-hydrogen) atoms. The fourth-order valence-electron chi connectivity index (χ4n) is 2.41. The van der Waals surface area contributed by atoms with Crippen LogP contribution in [0, 0.1) is 10.1 Å². The third kappa shape index (κ3) is 3.37. The van der Waals surface area contributed by atoms with Gasteiger partial charge in [0.2, 0.25) is 0 Å². The molecule has 0 radical (unpaired) electrons. The molecule has 7 nitrogen and oxygen atoms in total. The van der Waals surface area contributed by atoms with Gasteiger partial charge in [-0.15, -0.1) is 11.3 Å². The number of sulfonamides is 1. The van der Waals surface area contributed by atoms with E-state index >= 15 is 0 Å². The van der Waals surface area contributed by atoms with Crippen LogP contribution in [0.25, 0.3) is 0 Å². The van der Waals surface area contributed by atoms with E-state index in [0.29, 0.717) is 13.1 Å². The molecular formula is C11H16ClN3O4S2. The predicted octanol–water partition coefficient (Wildman–Crippen LogP) is 2.02. The first-order valence-corrected chi connectivity index (χ1v) is 9.01. The van der Waals surface area contributed by atoms with Crippen LogP contribution in [0.1, 0.15) is 13.3 Å². The van der Waals surface area contributed by atoms with Gasteiger partial charge in [-0.2, -0.15) is 4.31 Å². The van der Waals surface area contributed by atoms with Crippen LogP contribution in [0.4, 0.5) is 5.69 Å². The molecule has 1 aliphatic heterocycles. The van der Waals surface area contributed by atoms with Crippen molar-refractivity contribution in [3.63, 3.8) is 0 Å². The maximum atomic E-state index is 12.7. The van der Waals surface area contributed by atoms with Crippen molar-refractivity contribution in [1.82, 2.24) is 9.21 Å². The summed E-state index contributed by atoms with van der Waals surface area (Å²) < 4.78 is 26.6. The molecule has 10 heteroatoms. The van der Waals surface area contributed by atoms with E-state index in [2.05, 4.69) is 4.90 Å². The van der Waals surface area contributed by atoms with Crippen LogP contribution in [0.2, 0.25) is 4.34 Å². The summed E-state index contributed by atoms with van der Waals surface area (Å²) in [5.41, 5.74) is -0.361. The average Bonchev–Trinajstić information content (AvgIpc) is 2.68. The van der Waals surface area contributed by atoms with Gasteiger partial charge >= 0.3 is 0 Å². The first kappa shape index (κ1) is 16.6. The molecule has 2 rings (SSSR count). The highest BCUT2D eigenvalue weighted by Crippen LogP contribution is 2.38. The first-order valence-electron chi connectivity index (χ1n) is 6.37. The Morgan fingerprint density at radius 2 is 2.14 bits per heavy atom. The summed E-state index contributed by atoms with van der Waals surface area (Å²) in [5, 5.41) is 10.8. The van der Waals surface area contributed by atoms with Crippen molar-refractivity contribution in [3.05, 3.63) is 20.5 Å². The minimum Gasteiger partial charge on any atom is -0.305 e. The standard InChI is InChI=1S/C11H16ClN3O4S2/c1-8-7-13(2)4-3-5-14(8)21(18,19)10-6-9(15(16)17)11(12)20-10/h6,8H,3-5,7H2,1-2H3. The van der Waals surface area contributed by atoms with Crippen molar-refractivity contribution in [2.75, 3.05) is 26.7 Å². The Balaban J connectivity index is 2.37. The van der Waals surface area contributed by atoms with E-state index < -0.39 is 14.9 Å². The van der Waals surface area contributed by atoms with Crippen LogP contribution in [0.15, 0.2) is 10.3 Å². The van der Waals surface area contributed by atoms with Crippen LogP contribution < -0.4 is 0 Å². The van der Waals surface area contributed by atoms with E-state index in [4.69, 9.17) is 11.6 Å². The fourth-order valence-corrected chi connectivity index (χ4v) is 5.87. The molecule has 1 fully saturated rings. The number of nitrogens with zero attached hydrogens (tertiary/aromatic N) is 3. The highest BCUT2D eigenvalue weighted by Gasteiger charge is 2.34. The Labute approximate surface area is 132 Å². The largest absolute Gasteiger partial charge is 0.305 e. The summed E-state index contributed by atoms with van der Waals surface area (Å²) in [7, 11) is -1.81. The van der Waals surface area contributed by atoms with Crippen molar-refractivity contribution >= 4 is 38.6 Å². The van der Waals surface area contributed by atoms with Crippen molar-refractivity contribution in [1.29, 1.82) is 0 Å². The number of rotatable bonds is 3. The summed E-state index contributed by atoms with van der Waals surface area (Å²) in [6, 6.07) is 0.853. The van der Waals surface area contributed by atoms with Gasteiger partial charge in [0.05, 0.1) is 4.92 Å². The second-order valence-electron chi connectivity index (χ2n) is 5.06. The minimum atomic E-state index is -3.76. The van der Waals surface area contributed by atoms with Crippen LogP contribution in [0.5, 0.6) is 0 Å². The summed E-state index contributed by atoms with van der Waals surface area (Å²) >= 11 is 6.50. The van der Waals surface area contributed by atoms with E-state index in [9.17, 15) is 18.5 Å². The Morgan fingerprint density at radius 1 is 1.48 bits per heavy atom. The molecule has 1 aromatic heterocycles. The van der Waals surface area contributed by atoms with E-state index in [1.165, 1.54) is 4.31 Å². The first-order chi connectivity index (χ1) is 9.73. The molecule has 0 saturated carbocycles.